The molecule has 11 nitrogen and oxygen atoms in total. The van der Waals surface area contributed by atoms with E-state index < -0.39 is 11.9 Å². The quantitative estimate of drug-likeness (QED) is 0.266. The van der Waals surface area contributed by atoms with Gasteiger partial charge in [-0.05, 0) is 38.0 Å². The Bertz CT molecular complexity index is 861. The molecule has 11 heteroatoms. The van der Waals surface area contributed by atoms with Crippen LogP contribution in [0, 0.1) is 0 Å². The molecule has 200 valence electrons. The number of hydrogen-bond donors (Lipinski definition) is 3. The lowest BCUT2D eigenvalue weighted by atomic mass is 10.1. The molecule has 2 atom stereocenters. The Balaban J connectivity index is 1.22. The predicted octanol–water partition coefficient (Wildman–Crippen LogP) is 1.16. The maximum absolute atomic E-state index is 12.0. The monoisotopic (exact) mass is 507 g/mol. The summed E-state index contributed by atoms with van der Waals surface area (Å²) < 4.78 is 27.0. The van der Waals surface area contributed by atoms with Gasteiger partial charge in [-0.25, -0.2) is 4.79 Å². The van der Waals surface area contributed by atoms with E-state index in [2.05, 4.69) is 10.6 Å². The molecular weight excluding hydrogens is 470 g/mol. The maximum atomic E-state index is 12.0. The molecule has 3 rings (SSSR count). The minimum Gasteiger partial charge on any atom is -0.498 e. The molecule has 0 spiro atoms. The van der Waals surface area contributed by atoms with Gasteiger partial charge >= 0.3 is 12.0 Å². The van der Waals surface area contributed by atoms with Crippen LogP contribution in [-0.2, 0) is 30.2 Å². The summed E-state index contributed by atoms with van der Waals surface area (Å²) in [4.78, 5) is 25.5. The standard InChI is InChI=1S/C25H37N3O8/c1-25(2)35-18-22(36-25)17-34-23(30)8-5-19-3-6-21(7-4-19)33-16-20(29)15-26-9-10-27-24(31)28-11-13-32-14-12-28/h3-4,6-7,11,13,20,22,26,29H,5,8-10,12,14-18H2,1-2H3,(H,27,31)/t20-,22+/m0/s1. The van der Waals surface area contributed by atoms with Gasteiger partial charge in [-0.1, -0.05) is 12.1 Å². The van der Waals surface area contributed by atoms with Crippen molar-refractivity contribution >= 4 is 12.0 Å². The number of esters is 1. The van der Waals surface area contributed by atoms with Crippen LogP contribution in [0.15, 0.2) is 36.7 Å². The Hall–Kier alpha value is -2.86. The van der Waals surface area contributed by atoms with Crippen molar-refractivity contribution in [1.82, 2.24) is 15.5 Å². The molecule has 0 aliphatic carbocycles. The zero-order chi connectivity index (χ0) is 25.8. The van der Waals surface area contributed by atoms with E-state index in [0.29, 0.717) is 51.6 Å². The van der Waals surface area contributed by atoms with Crippen LogP contribution in [-0.4, -0.2) is 92.6 Å². The number of nitrogens with one attached hydrogen (secondary N) is 2. The Morgan fingerprint density at radius 1 is 1.25 bits per heavy atom. The van der Waals surface area contributed by atoms with E-state index in [1.165, 1.54) is 6.26 Å². The normalized spacial score (nSPS) is 19.4. The topological polar surface area (TPSA) is 128 Å². The molecule has 1 saturated heterocycles. The van der Waals surface area contributed by atoms with E-state index >= 15 is 0 Å². The fourth-order valence-corrected chi connectivity index (χ4v) is 3.56. The van der Waals surface area contributed by atoms with Crippen molar-refractivity contribution in [3.8, 4) is 5.75 Å². The van der Waals surface area contributed by atoms with Gasteiger partial charge in [-0.2, -0.15) is 0 Å². The lowest BCUT2D eigenvalue weighted by Gasteiger charge is -2.22. The lowest BCUT2D eigenvalue weighted by Crippen LogP contribution is -2.43. The van der Waals surface area contributed by atoms with Crippen molar-refractivity contribution in [3.63, 3.8) is 0 Å². The highest BCUT2D eigenvalue weighted by molar-refractivity contribution is 5.75. The predicted molar refractivity (Wildman–Crippen MR) is 130 cm³/mol. The molecule has 0 unspecified atom stereocenters. The van der Waals surface area contributed by atoms with E-state index in [1.807, 2.05) is 38.1 Å². The third-order valence-corrected chi connectivity index (χ3v) is 5.49. The molecule has 3 N–H and O–H groups in total. The Morgan fingerprint density at radius 3 is 2.75 bits per heavy atom. The summed E-state index contributed by atoms with van der Waals surface area (Å²) in [6.07, 6.45) is 2.98. The SMILES string of the molecule is CC1(C)OC[C@@H](COC(=O)CCc2ccc(OC[C@@H](O)CNCCNC(=O)N3C=COCC3)cc2)O1. The number of amides is 2. The van der Waals surface area contributed by atoms with Gasteiger partial charge in [-0.3, -0.25) is 9.69 Å². The zero-order valence-corrected chi connectivity index (χ0v) is 20.9. The van der Waals surface area contributed by atoms with Crippen LogP contribution in [0.2, 0.25) is 0 Å². The third kappa shape index (κ3) is 10.0. The van der Waals surface area contributed by atoms with Crippen molar-refractivity contribution < 1.29 is 38.4 Å². The molecule has 2 aliphatic rings. The van der Waals surface area contributed by atoms with Gasteiger partial charge in [0.15, 0.2) is 5.79 Å². The minimum atomic E-state index is -0.697. The van der Waals surface area contributed by atoms with Crippen LogP contribution in [0.5, 0.6) is 5.75 Å². The van der Waals surface area contributed by atoms with E-state index in [9.17, 15) is 14.7 Å². The second-order valence-electron chi connectivity index (χ2n) is 9.03. The second kappa shape index (κ2) is 14.0. The molecule has 2 aliphatic heterocycles. The minimum absolute atomic E-state index is 0.132. The van der Waals surface area contributed by atoms with E-state index in [4.69, 9.17) is 23.7 Å². The number of nitrogens with zero attached hydrogens (tertiary/aromatic N) is 1. The van der Waals surface area contributed by atoms with Gasteiger partial charge in [0.2, 0.25) is 0 Å². The molecule has 36 heavy (non-hydrogen) atoms. The number of urea groups is 1. The summed E-state index contributed by atoms with van der Waals surface area (Å²) in [7, 11) is 0. The summed E-state index contributed by atoms with van der Waals surface area (Å²) >= 11 is 0. The summed E-state index contributed by atoms with van der Waals surface area (Å²) in [5, 5.41) is 16.0. The Kier molecular flexibility index (Phi) is 10.8. The molecule has 0 radical (unpaired) electrons. The van der Waals surface area contributed by atoms with Crippen LogP contribution in [0.1, 0.15) is 25.8 Å². The highest BCUT2D eigenvalue weighted by Gasteiger charge is 2.33. The third-order valence-electron chi connectivity index (χ3n) is 5.49. The summed E-state index contributed by atoms with van der Waals surface area (Å²) in [6.45, 7) is 6.69. The summed E-state index contributed by atoms with van der Waals surface area (Å²) in [6, 6.07) is 7.20. The fourth-order valence-electron chi connectivity index (χ4n) is 3.56. The van der Waals surface area contributed by atoms with Crippen molar-refractivity contribution in [2.45, 2.75) is 44.7 Å². The molecule has 1 aromatic rings. The first-order valence-electron chi connectivity index (χ1n) is 12.2. The van der Waals surface area contributed by atoms with Crippen molar-refractivity contribution in [1.29, 1.82) is 0 Å². The number of carbonyl (C=O) groups is 2. The van der Waals surface area contributed by atoms with Crippen LogP contribution < -0.4 is 15.4 Å². The number of carbonyl (C=O) groups excluding carboxylic acids is 2. The van der Waals surface area contributed by atoms with E-state index in [0.717, 1.165) is 5.56 Å². The number of hydrogen-bond acceptors (Lipinski definition) is 9. The lowest BCUT2D eigenvalue weighted by molar-refractivity contribution is -0.158. The van der Waals surface area contributed by atoms with E-state index in [-0.39, 0.29) is 37.7 Å². The molecule has 0 aromatic heterocycles. The highest BCUT2D eigenvalue weighted by Crippen LogP contribution is 2.22. The smallest absolute Gasteiger partial charge is 0.321 e. The molecule has 2 heterocycles. The number of benzene rings is 1. The van der Waals surface area contributed by atoms with Crippen LogP contribution in [0.4, 0.5) is 4.79 Å². The first-order valence-corrected chi connectivity index (χ1v) is 12.2. The maximum Gasteiger partial charge on any atom is 0.321 e. The largest absolute Gasteiger partial charge is 0.498 e. The van der Waals surface area contributed by atoms with Crippen LogP contribution >= 0.6 is 0 Å². The average molecular weight is 508 g/mol. The number of aliphatic hydroxyl groups excluding tert-OH is 1. The van der Waals surface area contributed by atoms with Gasteiger partial charge < -0.3 is 39.4 Å². The summed E-state index contributed by atoms with van der Waals surface area (Å²) in [5.41, 5.74) is 0.984. The molecule has 0 saturated carbocycles. The number of rotatable bonds is 13. The van der Waals surface area contributed by atoms with Crippen molar-refractivity contribution in [2.24, 2.45) is 0 Å². The van der Waals surface area contributed by atoms with Gasteiger partial charge in [0.25, 0.3) is 0 Å². The molecule has 1 aromatic carbocycles. The van der Waals surface area contributed by atoms with E-state index in [1.54, 1.807) is 11.1 Å². The highest BCUT2D eigenvalue weighted by atomic mass is 16.7. The summed E-state index contributed by atoms with van der Waals surface area (Å²) in [5.74, 6) is -0.280. The van der Waals surface area contributed by atoms with Crippen molar-refractivity contribution in [2.75, 3.05) is 52.6 Å². The molecule has 2 amide bonds. The fraction of sp³-hybridized carbons (Fsp3) is 0.600. The Morgan fingerprint density at radius 2 is 2.06 bits per heavy atom. The second-order valence-corrected chi connectivity index (χ2v) is 9.03. The van der Waals surface area contributed by atoms with Gasteiger partial charge in [-0.15, -0.1) is 0 Å². The van der Waals surface area contributed by atoms with Gasteiger partial charge in [0.05, 0.1) is 19.4 Å². The van der Waals surface area contributed by atoms with Crippen LogP contribution in [0.3, 0.4) is 0 Å². The van der Waals surface area contributed by atoms with Gasteiger partial charge in [0, 0.05) is 32.3 Å². The van der Waals surface area contributed by atoms with Gasteiger partial charge in [0.1, 0.15) is 37.8 Å². The average Bonchev–Trinajstić information content (AvgIpc) is 3.24. The number of ether oxygens (including phenoxy) is 5. The first-order chi connectivity index (χ1) is 17.3. The number of aliphatic hydroxyl groups is 1. The van der Waals surface area contributed by atoms with Crippen molar-refractivity contribution in [3.05, 3.63) is 42.3 Å². The zero-order valence-electron chi connectivity index (χ0n) is 20.9. The molecular formula is C25H37N3O8. The van der Waals surface area contributed by atoms with Crippen LogP contribution in [0.25, 0.3) is 0 Å². The number of aryl methyl sites for hydroxylation is 1. The Labute approximate surface area is 211 Å². The molecule has 1 fully saturated rings. The first kappa shape index (κ1) is 27.7. The molecule has 0 bridgehead atoms.